The molecule has 0 unspecified atom stereocenters. The Hall–Kier alpha value is -0.975. The highest BCUT2D eigenvalue weighted by Crippen LogP contribution is 2.23. The summed E-state index contributed by atoms with van der Waals surface area (Å²) >= 11 is 0.837. The van der Waals surface area contributed by atoms with Gasteiger partial charge in [0.05, 0.1) is 0 Å². The third-order valence-electron chi connectivity index (χ3n) is 1.92. The Labute approximate surface area is 82.6 Å². The average molecular weight is 214 g/mol. The highest BCUT2D eigenvalue weighted by Gasteiger charge is 2.21. The van der Waals surface area contributed by atoms with E-state index in [1.54, 1.807) is 0 Å². The first-order valence-electron chi connectivity index (χ1n) is 3.83. The third kappa shape index (κ3) is 1.41. The van der Waals surface area contributed by atoms with Crippen molar-refractivity contribution in [3.63, 3.8) is 0 Å². The van der Waals surface area contributed by atoms with E-state index in [1.165, 1.54) is 6.07 Å². The van der Waals surface area contributed by atoms with E-state index < -0.39 is 18.1 Å². The number of hydrogen-bond acceptors (Lipinski definition) is 3. The van der Waals surface area contributed by atoms with E-state index in [-0.39, 0.29) is 10.8 Å². The van der Waals surface area contributed by atoms with Crippen molar-refractivity contribution in [3.05, 3.63) is 29.1 Å². The molecule has 72 valence electrons. The SMILES string of the molecule is OB(O)c1c(F)ccc2sc(F)cc12. The molecule has 0 aliphatic carbocycles. The quantitative estimate of drug-likeness (QED) is 0.691. The van der Waals surface area contributed by atoms with Crippen LogP contribution in [0.15, 0.2) is 18.2 Å². The van der Waals surface area contributed by atoms with Gasteiger partial charge in [0, 0.05) is 10.2 Å². The average Bonchev–Trinajstić information content (AvgIpc) is 2.43. The highest BCUT2D eigenvalue weighted by atomic mass is 32.1. The molecule has 0 aliphatic heterocycles. The maximum atomic E-state index is 13.1. The fourth-order valence-electron chi connectivity index (χ4n) is 1.34. The summed E-state index contributed by atoms with van der Waals surface area (Å²) in [6, 6.07) is 3.59. The van der Waals surface area contributed by atoms with Gasteiger partial charge < -0.3 is 10.0 Å². The molecule has 1 aromatic heterocycles. The Morgan fingerprint density at radius 2 is 1.93 bits per heavy atom. The number of rotatable bonds is 1. The maximum Gasteiger partial charge on any atom is 0.492 e. The van der Waals surface area contributed by atoms with E-state index in [1.807, 2.05) is 0 Å². The minimum Gasteiger partial charge on any atom is -0.423 e. The van der Waals surface area contributed by atoms with Gasteiger partial charge in [0.25, 0.3) is 0 Å². The minimum absolute atomic E-state index is 0.211. The maximum absolute atomic E-state index is 13.1. The van der Waals surface area contributed by atoms with Gasteiger partial charge in [-0.2, -0.15) is 4.39 Å². The molecule has 0 fully saturated rings. The van der Waals surface area contributed by atoms with Crippen LogP contribution in [0, 0.1) is 10.9 Å². The van der Waals surface area contributed by atoms with Gasteiger partial charge >= 0.3 is 7.12 Å². The van der Waals surface area contributed by atoms with E-state index in [0.717, 1.165) is 23.5 Å². The van der Waals surface area contributed by atoms with Crippen LogP contribution in [0.3, 0.4) is 0 Å². The van der Waals surface area contributed by atoms with Gasteiger partial charge in [-0.05, 0) is 23.6 Å². The molecule has 2 rings (SSSR count). The molecule has 0 radical (unpaired) electrons. The zero-order chi connectivity index (χ0) is 10.3. The summed E-state index contributed by atoms with van der Waals surface area (Å²) in [7, 11) is -1.92. The topological polar surface area (TPSA) is 40.5 Å². The molecule has 0 saturated heterocycles. The number of benzene rings is 1. The monoisotopic (exact) mass is 214 g/mol. The van der Waals surface area contributed by atoms with Crippen molar-refractivity contribution in [2.24, 2.45) is 0 Å². The second-order valence-electron chi connectivity index (χ2n) is 2.80. The zero-order valence-corrected chi connectivity index (χ0v) is 7.68. The summed E-state index contributed by atoms with van der Waals surface area (Å²) in [5.74, 6) is -0.745. The Balaban J connectivity index is 2.82. The Bertz CT molecular complexity index is 483. The molecule has 0 aliphatic rings. The Morgan fingerprint density at radius 1 is 1.21 bits per heavy atom. The molecule has 0 bridgehead atoms. The molecule has 0 spiro atoms. The summed E-state index contributed by atoms with van der Waals surface area (Å²) in [4.78, 5) is 0. The van der Waals surface area contributed by atoms with E-state index in [4.69, 9.17) is 10.0 Å². The third-order valence-corrected chi connectivity index (χ3v) is 2.81. The van der Waals surface area contributed by atoms with Crippen LogP contribution < -0.4 is 5.46 Å². The fraction of sp³-hybridized carbons (Fsp3) is 0. The summed E-state index contributed by atoms with van der Waals surface area (Å²) in [5.41, 5.74) is -0.275. The normalized spacial score (nSPS) is 10.9. The van der Waals surface area contributed by atoms with Gasteiger partial charge in [-0.1, -0.05) is 0 Å². The molecule has 1 aromatic carbocycles. The second-order valence-corrected chi connectivity index (χ2v) is 3.83. The second kappa shape index (κ2) is 3.31. The molecule has 2 nitrogen and oxygen atoms in total. The van der Waals surface area contributed by atoms with E-state index in [2.05, 4.69) is 0 Å². The molecular formula is C8H5BF2O2S. The van der Waals surface area contributed by atoms with Gasteiger partial charge in [-0.25, -0.2) is 4.39 Å². The van der Waals surface area contributed by atoms with Crippen molar-refractivity contribution >= 4 is 34.0 Å². The van der Waals surface area contributed by atoms with Crippen molar-refractivity contribution in [2.75, 3.05) is 0 Å². The van der Waals surface area contributed by atoms with Crippen molar-refractivity contribution < 1.29 is 18.8 Å². The molecular weight excluding hydrogens is 209 g/mol. The summed E-state index contributed by atoms with van der Waals surface area (Å²) < 4.78 is 26.5. The first-order valence-corrected chi connectivity index (χ1v) is 4.65. The van der Waals surface area contributed by atoms with Crippen molar-refractivity contribution in [2.45, 2.75) is 0 Å². The van der Waals surface area contributed by atoms with E-state index in [9.17, 15) is 8.78 Å². The lowest BCUT2D eigenvalue weighted by Gasteiger charge is -2.02. The van der Waals surface area contributed by atoms with Gasteiger partial charge in [0.15, 0.2) is 5.13 Å². The summed E-state index contributed by atoms with van der Waals surface area (Å²) in [6.07, 6.45) is 0. The molecule has 0 saturated carbocycles. The largest absolute Gasteiger partial charge is 0.492 e. The number of hydrogen-bond donors (Lipinski definition) is 2. The number of thiophene rings is 1. The van der Waals surface area contributed by atoms with Crippen LogP contribution in [0.4, 0.5) is 8.78 Å². The van der Waals surface area contributed by atoms with Crippen LogP contribution in [0.25, 0.3) is 10.1 Å². The lowest BCUT2D eigenvalue weighted by molar-refractivity contribution is 0.423. The van der Waals surface area contributed by atoms with Gasteiger partial charge in [-0.15, -0.1) is 11.3 Å². The van der Waals surface area contributed by atoms with Gasteiger partial charge in [0.2, 0.25) is 0 Å². The highest BCUT2D eigenvalue weighted by molar-refractivity contribution is 7.17. The lowest BCUT2D eigenvalue weighted by atomic mass is 9.78. The standard InChI is InChI=1S/C8H5BF2O2S/c10-5-1-2-6-4(3-7(11)14-6)8(5)9(12)13/h1-3,12-13H. The zero-order valence-electron chi connectivity index (χ0n) is 6.87. The van der Waals surface area contributed by atoms with E-state index >= 15 is 0 Å². The molecule has 2 N–H and O–H groups in total. The number of fused-ring (bicyclic) bond motifs is 1. The van der Waals surface area contributed by atoms with Gasteiger partial charge in [-0.3, -0.25) is 0 Å². The Morgan fingerprint density at radius 3 is 2.57 bits per heavy atom. The smallest absolute Gasteiger partial charge is 0.423 e. The van der Waals surface area contributed by atoms with Crippen molar-refractivity contribution in [1.82, 2.24) is 0 Å². The first-order chi connectivity index (χ1) is 6.59. The first kappa shape index (κ1) is 9.58. The Kier molecular flexibility index (Phi) is 2.26. The molecule has 14 heavy (non-hydrogen) atoms. The molecule has 0 amide bonds. The fourth-order valence-corrected chi connectivity index (χ4v) is 2.14. The van der Waals surface area contributed by atoms with E-state index in [0.29, 0.717) is 4.70 Å². The minimum atomic E-state index is -1.92. The summed E-state index contributed by atoms with van der Waals surface area (Å²) in [5, 5.41) is 17.6. The molecule has 1 heterocycles. The van der Waals surface area contributed by atoms with Crippen LogP contribution in [0.5, 0.6) is 0 Å². The predicted molar refractivity (Wildman–Crippen MR) is 51.6 cm³/mol. The van der Waals surface area contributed by atoms with Crippen LogP contribution >= 0.6 is 11.3 Å². The van der Waals surface area contributed by atoms with Crippen LogP contribution in [0.1, 0.15) is 0 Å². The molecule has 2 aromatic rings. The predicted octanol–water partition coefficient (Wildman–Crippen LogP) is 0.859. The van der Waals surface area contributed by atoms with Crippen molar-refractivity contribution in [3.8, 4) is 0 Å². The lowest BCUT2D eigenvalue weighted by Crippen LogP contribution is -2.33. The van der Waals surface area contributed by atoms with Crippen molar-refractivity contribution in [1.29, 1.82) is 0 Å². The van der Waals surface area contributed by atoms with Crippen LogP contribution in [-0.2, 0) is 0 Å². The molecule has 0 atom stereocenters. The van der Waals surface area contributed by atoms with Gasteiger partial charge in [0.1, 0.15) is 5.82 Å². The molecule has 6 heteroatoms. The number of halogens is 2. The van der Waals surface area contributed by atoms with Crippen LogP contribution in [0.2, 0.25) is 0 Å². The summed E-state index contributed by atoms with van der Waals surface area (Å²) in [6.45, 7) is 0. The van der Waals surface area contributed by atoms with Crippen LogP contribution in [-0.4, -0.2) is 17.2 Å².